The van der Waals surface area contributed by atoms with Crippen LogP contribution in [-0.4, -0.2) is 22.5 Å². The summed E-state index contributed by atoms with van der Waals surface area (Å²) in [7, 11) is 0. The summed E-state index contributed by atoms with van der Waals surface area (Å²) in [5.74, 6) is 0.465. The summed E-state index contributed by atoms with van der Waals surface area (Å²) >= 11 is 0. The van der Waals surface area contributed by atoms with Crippen molar-refractivity contribution >= 4 is 5.91 Å². The Hall–Kier alpha value is -1.58. The van der Waals surface area contributed by atoms with Crippen LogP contribution in [0.1, 0.15) is 43.8 Å². The summed E-state index contributed by atoms with van der Waals surface area (Å²) in [6.45, 7) is 0.858. The Bertz CT molecular complexity index is 439. The second-order valence-corrected chi connectivity index (χ2v) is 5.10. The van der Waals surface area contributed by atoms with E-state index in [9.17, 15) is 4.79 Å². The fourth-order valence-electron chi connectivity index (χ4n) is 2.98. The van der Waals surface area contributed by atoms with Gasteiger partial charge in [-0.2, -0.15) is 0 Å². The van der Waals surface area contributed by atoms with Crippen LogP contribution in [0.15, 0.2) is 29.0 Å². The molecule has 0 radical (unpaired) electrons. The number of aromatic nitrogens is 1. The molecule has 0 aromatic carbocycles. The number of carbonyl (C=O) groups is 1. The van der Waals surface area contributed by atoms with E-state index in [1.165, 1.54) is 0 Å². The minimum atomic E-state index is 0.127. The maximum absolute atomic E-state index is 12.5. The molecule has 1 aromatic heterocycles. The molecular formula is C14H18N2O2. The molecule has 1 aliphatic carbocycles. The van der Waals surface area contributed by atoms with E-state index in [1.54, 1.807) is 6.26 Å². The van der Waals surface area contributed by atoms with Crippen molar-refractivity contribution in [2.45, 2.75) is 38.1 Å². The zero-order valence-corrected chi connectivity index (χ0v) is 10.4. The Morgan fingerprint density at radius 1 is 1.39 bits per heavy atom. The molecule has 4 heteroatoms. The molecule has 1 unspecified atom stereocenters. The van der Waals surface area contributed by atoms with Crippen LogP contribution in [0.3, 0.4) is 0 Å². The van der Waals surface area contributed by atoms with Crippen molar-refractivity contribution in [3.8, 4) is 0 Å². The lowest BCUT2D eigenvalue weighted by Gasteiger charge is -2.28. The molecule has 2 aliphatic rings. The number of rotatable bonds is 2. The highest BCUT2D eigenvalue weighted by Crippen LogP contribution is 2.33. The normalized spacial score (nSPS) is 27.7. The van der Waals surface area contributed by atoms with Crippen LogP contribution in [0, 0.1) is 5.92 Å². The van der Waals surface area contributed by atoms with Crippen molar-refractivity contribution in [3.05, 3.63) is 30.2 Å². The standard InChI is InChI=1S/C14H18N2O2/c17-14(11-5-2-1-3-6-11)16-9-4-7-13(16)12-8-10-18-15-12/h1-2,8,10-11,13H,3-7,9H2/t11?,13-/m1/s1. The first-order valence-corrected chi connectivity index (χ1v) is 6.72. The molecule has 1 amide bonds. The van der Waals surface area contributed by atoms with Crippen molar-refractivity contribution in [1.29, 1.82) is 0 Å². The molecule has 18 heavy (non-hydrogen) atoms. The Kier molecular flexibility index (Phi) is 3.17. The molecule has 1 saturated heterocycles. The highest BCUT2D eigenvalue weighted by atomic mass is 16.5. The van der Waals surface area contributed by atoms with E-state index in [-0.39, 0.29) is 12.0 Å². The van der Waals surface area contributed by atoms with Gasteiger partial charge in [-0.15, -0.1) is 0 Å². The number of allylic oxidation sites excluding steroid dienone is 2. The minimum absolute atomic E-state index is 0.127. The van der Waals surface area contributed by atoms with Gasteiger partial charge in [-0.05, 0) is 32.1 Å². The second kappa shape index (κ2) is 4.96. The van der Waals surface area contributed by atoms with Gasteiger partial charge < -0.3 is 9.42 Å². The number of amides is 1. The third-order valence-electron chi connectivity index (χ3n) is 3.95. The second-order valence-electron chi connectivity index (χ2n) is 5.10. The maximum atomic E-state index is 12.5. The lowest BCUT2D eigenvalue weighted by atomic mass is 9.93. The Morgan fingerprint density at radius 3 is 3.06 bits per heavy atom. The molecule has 1 aliphatic heterocycles. The molecule has 0 bridgehead atoms. The molecule has 2 atom stereocenters. The van der Waals surface area contributed by atoms with Crippen LogP contribution in [-0.2, 0) is 4.79 Å². The van der Waals surface area contributed by atoms with Gasteiger partial charge in [0.1, 0.15) is 12.0 Å². The molecule has 1 fully saturated rings. The van der Waals surface area contributed by atoms with Crippen molar-refractivity contribution in [2.24, 2.45) is 5.92 Å². The summed E-state index contributed by atoms with van der Waals surface area (Å²) < 4.78 is 4.90. The number of hydrogen-bond donors (Lipinski definition) is 0. The summed E-state index contributed by atoms with van der Waals surface area (Å²) in [4.78, 5) is 14.5. The Morgan fingerprint density at radius 2 is 2.33 bits per heavy atom. The highest BCUT2D eigenvalue weighted by molar-refractivity contribution is 5.80. The average Bonchev–Trinajstić information content (AvgIpc) is 3.09. The van der Waals surface area contributed by atoms with Gasteiger partial charge in [0.15, 0.2) is 0 Å². The van der Waals surface area contributed by atoms with Crippen LogP contribution < -0.4 is 0 Å². The molecule has 1 aromatic rings. The topological polar surface area (TPSA) is 46.3 Å². The van der Waals surface area contributed by atoms with Crippen LogP contribution >= 0.6 is 0 Å². The third kappa shape index (κ3) is 2.07. The quantitative estimate of drug-likeness (QED) is 0.754. The number of hydrogen-bond acceptors (Lipinski definition) is 3. The zero-order valence-electron chi connectivity index (χ0n) is 10.4. The largest absolute Gasteiger partial charge is 0.364 e. The van der Waals surface area contributed by atoms with Gasteiger partial charge in [0.25, 0.3) is 0 Å². The van der Waals surface area contributed by atoms with Crippen LogP contribution in [0.2, 0.25) is 0 Å². The Labute approximate surface area is 107 Å². The minimum Gasteiger partial charge on any atom is -0.364 e. The van der Waals surface area contributed by atoms with Gasteiger partial charge >= 0.3 is 0 Å². The summed E-state index contributed by atoms with van der Waals surface area (Å²) in [6, 6.07) is 2.00. The molecule has 4 nitrogen and oxygen atoms in total. The maximum Gasteiger partial charge on any atom is 0.226 e. The van der Waals surface area contributed by atoms with Gasteiger partial charge in [-0.1, -0.05) is 17.3 Å². The van der Waals surface area contributed by atoms with E-state index in [2.05, 4.69) is 17.3 Å². The van der Waals surface area contributed by atoms with E-state index in [4.69, 9.17) is 4.52 Å². The third-order valence-corrected chi connectivity index (χ3v) is 3.95. The van der Waals surface area contributed by atoms with Crippen LogP contribution in [0.4, 0.5) is 0 Å². The molecule has 96 valence electrons. The first kappa shape index (κ1) is 11.5. The fraction of sp³-hybridized carbons (Fsp3) is 0.571. The summed E-state index contributed by atoms with van der Waals surface area (Å²) in [5.41, 5.74) is 0.896. The van der Waals surface area contributed by atoms with E-state index in [0.29, 0.717) is 5.91 Å². The number of likely N-dealkylation sites (tertiary alicyclic amines) is 1. The summed E-state index contributed by atoms with van der Waals surface area (Å²) in [5, 5.41) is 3.99. The van der Waals surface area contributed by atoms with E-state index < -0.39 is 0 Å². The first-order chi connectivity index (χ1) is 8.86. The Balaban J connectivity index is 1.74. The van der Waals surface area contributed by atoms with Gasteiger partial charge in [0.05, 0.1) is 6.04 Å². The molecule has 0 N–H and O–H groups in total. The van der Waals surface area contributed by atoms with Gasteiger partial charge in [0.2, 0.25) is 5.91 Å². The van der Waals surface area contributed by atoms with E-state index >= 15 is 0 Å². The van der Waals surface area contributed by atoms with E-state index in [0.717, 1.165) is 44.3 Å². The zero-order chi connectivity index (χ0) is 12.4. The van der Waals surface area contributed by atoms with Crippen LogP contribution in [0.5, 0.6) is 0 Å². The van der Waals surface area contributed by atoms with E-state index in [1.807, 2.05) is 11.0 Å². The van der Waals surface area contributed by atoms with Crippen molar-refractivity contribution in [3.63, 3.8) is 0 Å². The molecular weight excluding hydrogens is 228 g/mol. The molecule has 3 rings (SSSR count). The summed E-state index contributed by atoms with van der Waals surface area (Å²) in [6.07, 6.45) is 10.8. The van der Waals surface area contributed by atoms with Crippen molar-refractivity contribution in [1.82, 2.24) is 10.1 Å². The number of carbonyl (C=O) groups excluding carboxylic acids is 1. The predicted molar refractivity (Wildman–Crippen MR) is 66.7 cm³/mol. The SMILES string of the molecule is O=C(C1CC=CCC1)N1CCC[C@@H]1c1ccon1. The van der Waals surface area contributed by atoms with Gasteiger partial charge in [0, 0.05) is 18.5 Å². The first-order valence-electron chi connectivity index (χ1n) is 6.72. The lowest BCUT2D eigenvalue weighted by molar-refractivity contribution is -0.136. The molecule has 0 saturated carbocycles. The smallest absolute Gasteiger partial charge is 0.226 e. The monoisotopic (exact) mass is 246 g/mol. The van der Waals surface area contributed by atoms with Crippen LogP contribution in [0.25, 0.3) is 0 Å². The average molecular weight is 246 g/mol. The lowest BCUT2D eigenvalue weighted by Crippen LogP contribution is -2.36. The highest BCUT2D eigenvalue weighted by Gasteiger charge is 2.34. The number of nitrogens with zero attached hydrogens (tertiary/aromatic N) is 2. The fourth-order valence-corrected chi connectivity index (χ4v) is 2.98. The van der Waals surface area contributed by atoms with Gasteiger partial charge in [-0.3, -0.25) is 4.79 Å². The van der Waals surface area contributed by atoms with Crippen molar-refractivity contribution < 1.29 is 9.32 Å². The molecule has 2 heterocycles. The molecule has 0 spiro atoms. The predicted octanol–water partition coefficient (Wildman–Crippen LogP) is 2.69. The van der Waals surface area contributed by atoms with Gasteiger partial charge in [-0.25, -0.2) is 0 Å². The van der Waals surface area contributed by atoms with Crippen molar-refractivity contribution in [2.75, 3.05) is 6.54 Å².